The molecule has 0 rings (SSSR count). The van der Waals surface area contributed by atoms with Crippen LogP contribution in [0.25, 0.3) is 0 Å². The molecule has 438 valence electrons. The maximum Gasteiger partial charge on any atom is 0.306 e. The molecule has 0 N–H and O–H groups in total. The van der Waals surface area contributed by atoms with Crippen LogP contribution in [-0.4, -0.2) is 37.2 Å². The monoisotopic (exact) mass is 1080 g/mol. The van der Waals surface area contributed by atoms with E-state index in [1.165, 1.54) is 19.3 Å². The second-order valence-corrected chi connectivity index (χ2v) is 19.5. The highest BCUT2D eigenvalue weighted by atomic mass is 16.6. The van der Waals surface area contributed by atoms with Gasteiger partial charge >= 0.3 is 17.9 Å². The number of carbonyl (C=O) groups is 3. The van der Waals surface area contributed by atoms with Gasteiger partial charge in [0.2, 0.25) is 0 Å². The third-order valence-electron chi connectivity index (χ3n) is 12.1. The van der Waals surface area contributed by atoms with Crippen LogP contribution in [0.4, 0.5) is 0 Å². The lowest BCUT2D eigenvalue weighted by Crippen LogP contribution is -2.30. The molecule has 0 saturated heterocycles. The van der Waals surface area contributed by atoms with Crippen LogP contribution in [0.5, 0.6) is 0 Å². The summed E-state index contributed by atoms with van der Waals surface area (Å²) in [5.74, 6) is -1.05. The van der Waals surface area contributed by atoms with Crippen molar-refractivity contribution in [3.8, 4) is 0 Å². The molecule has 0 aliphatic heterocycles. The van der Waals surface area contributed by atoms with Gasteiger partial charge in [-0.25, -0.2) is 0 Å². The lowest BCUT2D eigenvalue weighted by Gasteiger charge is -2.18. The van der Waals surface area contributed by atoms with E-state index in [4.69, 9.17) is 14.2 Å². The van der Waals surface area contributed by atoms with Gasteiger partial charge < -0.3 is 14.2 Å². The van der Waals surface area contributed by atoms with Gasteiger partial charge in [0.05, 0.1) is 0 Å². The first-order valence-electron chi connectivity index (χ1n) is 30.9. The largest absolute Gasteiger partial charge is 0.462 e. The molecule has 1 atom stereocenters. The number of hydrogen-bond acceptors (Lipinski definition) is 6. The Hall–Kier alpha value is -5.75. The van der Waals surface area contributed by atoms with Crippen molar-refractivity contribution in [2.45, 2.75) is 232 Å². The number of unbranched alkanes of at least 4 members (excludes halogenated alkanes) is 10. The summed E-state index contributed by atoms with van der Waals surface area (Å²) in [6, 6.07) is 0. The van der Waals surface area contributed by atoms with Crippen LogP contribution in [0.15, 0.2) is 194 Å². The first-order valence-corrected chi connectivity index (χ1v) is 30.9. The quantitative estimate of drug-likeness (QED) is 0.0261. The van der Waals surface area contributed by atoms with Gasteiger partial charge in [0.15, 0.2) is 6.10 Å². The number of hydrogen-bond donors (Lipinski definition) is 0. The van der Waals surface area contributed by atoms with Crippen molar-refractivity contribution in [3.05, 3.63) is 194 Å². The summed E-state index contributed by atoms with van der Waals surface area (Å²) in [7, 11) is 0. The number of esters is 3. The fourth-order valence-electron chi connectivity index (χ4n) is 7.57. The Balaban J connectivity index is 4.59. The molecule has 0 bridgehead atoms. The van der Waals surface area contributed by atoms with Crippen LogP contribution in [-0.2, 0) is 28.6 Å². The molecule has 0 fully saturated rings. The standard InChI is InChI=1S/C73H110O6/c1-4-7-10-13-16-19-22-25-28-30-32-34-36-38-40-42-45-48-51-54-57-60-63-66-72(75)78-69-70(68-77-71(74)65-62-59-56-53-50-47-44-27-24-21-18-15-12-9-6-3)79-73(76)67-64-61-58-55-52-49-46-43-41-39-37-35-33-31-29-26-23-20-17-14-11-8-5-2/h7-12,16-21,25-29,32-35,38-41,44-45,48,50,53-54,57,70H,4-6,13-15,22-24,30-31,36-37,42-43,46-47,49,51-52,55-56,58-69H2,1-3H3/b10-7-,11-8-,12-9-,19-16-,20-17-,21-18-,28-25-,29-26-,34-32-,35-33-,40-38-,41-39-,44-27-,48-45-,53-50-,57-54-. The highest BCUT2D eigenvalue weighted by Gasteiger charge is 2.19. The van der Waals surface area contributed by atoms with Gasteiger partial charge in [-0.15, -0.1) is 0 Å². The smallest absolute Gasteiger partial charge is 0.306 e. The number of carbonyl (C=O) groups excluding carboxylic acids is 3. The molecular formula is C73H110O6. The van der Waals surface area contributed by atoms with Gasteiger partial charge in [-0.05, 0) is 154 Å². The predicted octanol–water partition coefficient (Wildman–Crippen LogP) is 21.4. The zero-order chi connectivity index (χ0) is 57.1. The molecule has 0 radical (unpaired) electrons. The highest BCUT2D eigenvalue weighted by Crippen LogP contribution is 2.13. The Labute approximate surface area is 484 Å². The van der Waals surface area contributed by atoms with Crippen molar-refractivity contribution in [2.24, 2.45) is 0 Å². The van der Waals surface area contributed by atoms with Gasteiger partial charge in [0, 0.05) is 19.3 Å². The molecule has 0 aromatic rings. The zero-order valence-corrected chi connectivity index (χ0v) is 50.0. The van der Waals surface area contributed by atoms with Crippen LogP contribution in [0, 0.1) is 0 Å². The van der Waals surface area contributed by atoms with Crippen molar-refractivity contribution < 1.29 is 28.6 Å². The molecule has 0 saturated carbocycles. The number of ether oxygens (including phenoxy) is 3. The molecule has 0 amide bonds. The van der Waals surface area contributed by atoms with Crippen molar-refractivity contribution in [1.29, 1.82) is 0 Å². The van der Waals surface area contributed by atoms with Crippen molar-refractivity contribution >= 4 is 17.9 Å². The van der Waals surface area contributed by atoms with E-state index in [-0.39, 0.29) is 50.4 Å². The second-order valence-electron chi connectivity index (χ2n) is 19.5. The minimum absolute atomic E-state index is 0.133. The van der Waals surface area contributed by atoms with Gasteiger partial charge in [-0.1, -0.05) is 247 Å². The maximum atomic E-state index is 12.9. The molecule has 0 aromatic heterocycles. The van der Waals surface area contributed by atoms with Crippen molar-refractivity contribution in [2.75, 3.05) is 13.2 Å². The third kappa shape index (κ3) is 63.0. The molecule has 0 aliphatic rings. The molecule has 0 aliphatic carbocycles. The van der Waals surface area contributed by atoms with E-state index in [0.717, 1.165) is 154 Å². The maximum absolute atomic E-state index is 12.9. The Morgan fingerprint density at radius 3 is 0.785 bits per heavy atom. The SMILES string of the molecule is CC/C=C\C/C=C\C/C=C\C/C=C\C/C=C\C/C=C\C/C=C\CCCC(=O)OCC(COC(=O)CCCC/C=C\C/C=C\C/C=C\C/C=C\CC)OC(=O)CCCCCCCCC/C=C\C/C=C\C/C=C\C/C=C\C/C=C\CC. The van der Waals surface area contributed by atoms with E-state index in [2.05, 4.69) is 215 Å². The van der Waals surface area contributed by atoms with E-state index < -0.39 is 6.10 Å². The normalized spacial score (nSPS) is 13.5. The Morgan fingerprint density at radius 2 is 0.468 bits per heavy atom. The fourth-order valence-corrected chi connectivity index (χ4v) is 7.57. The van der Waals surface area contributed by atoms with Gasteiger partial charge in [0.25, 0.3) is 0 Å². The average molecular weight is 1080 g/mol. The minimum atomic E-state index is -0.839. The Morgan fingerprint density at radius 1 is 0.253 bits per heavy atom. The van der Waals surface area contributed by atoms with Crippen LogP contribution < -0.4 is 0 Å². The minimum Gasteiger partial charge on any atom is -0.462 e. The predicted molar refractivity (Wildman–Crippen MR) is 343 cm³/mol. The summed E-state index contributed by atoms with van der Waals surface area (Å²) in [6.45, 7) is 6.18. The van der Waals surface area contributed by atoms with Crippen molar-refractivity contribution in [3.63, 3.8) is 0 Å². The zero-order valence-electron chi connectivity index (χ0n) is 50.0. The molecule has 6 heteroatoms. The van der Waals surface area contributed by atoms with Crippen LogP contribution >= 0.6 is 0 Å². The fraction of sp³-hybridized carbons (Fsp3) is 0.521. The summed E-state index contributed by atoms with van der Waals surface area (Å²) in [4.78, 5) is 38.3. The van der Waals surface area contributed by atoms with Crippen LogP contribution in [0.2, 0.25) is 0 Å². The lowest BCUT2D eigenvalue weighted by atomic mass is 10.1. The van der Waals surface area contributed by atoms with Gasteiger partial charge in [-0.2, -0.15) is 0 Å². The van der Waals surface area contributed by atoms with E-state index in [0.29, 0.717) is 12.8 Å². The summed E-state index contributed by atoms with van der Waals surface area (Å²) in [6.07, 6.45) is 98.6. The van der Waals surface area contributed by atoms with E-state index in [9.17, 15) is 14.4 Å². The molecular weight excluding hydrogens is 973 g/mol. The Kier molecular flexibility index (Phi) is 60.1. The van der Waals surface area contributed by atoms with Crippen LogP contribution in [0.3, 0.4) is 0 Å². The summed E-state index contributed by atoms with van der Waals surface area (Å²) >= 11 is 0. The molecule has 79 heavy (non-hydrogen) atoms. The summed E-state index contributed by atoms with van der Waals surface area (Å²) in [5, 5.41) is 0. The van der Waals surface area contributed by atoms with E-state index in [1.54, 1.807) is 0 Å². The third-order valence-corrected chi connectivity index (χ3v) is 12.1. The summed E-state index contributed by atoms with van der Waals surface area (Å²) < 4.78 is 16.8. The summed E-state index contributed by atoms with van der Waals surface area (Å²) in [5.41, 5.74) is 0. The van der Waals surface area contributed by atoms with E-state index >= 15 is 0 Å². The molecule has 0 aromatic carbocycles. The first-order chi connectivity index (χ1) is 39.0. The van der Waals surface area contributed by atoms with Gasteiger partial charge in [0.1, 0.15) is 13.2 Å². The molecule has 0 heterocycles. The van der Waals surface area contributed by atoms with Gasteiger partial charge in [-0.3, -0.25) is 14.4 Å². The topological polar surface area (TPSA) is 78.9 Å². The average Bonchev–Trinajstić information content (AvgIpc) is 3.45. The number of allylic oxidation sites excluding steroid dienone is 32. The highest BCUT2D eigenvalue weighted by molar-refractivity contribution is 5.71. The molecule has 0 spiro atoms. The van der Waals surface area contributed by atoms with Crippen molar-refractivity contribution in [1.82, 2.24) is 0 Å². The number of rotatable bonds is 53. The van der Waals surface area contributed by atoms with Crippen LogP contribution in [0.1, 0.15) is 226 Å². The molecule has 6 nitrogen and oxygen atoms in total. The van der Waals surface area contributed by atoms with E-state index in [1.807, 2.05) is 0 Å². The first kappa shape index (κ1) is 73.2. The lowest BCUT2D eigenvalue weighted by molar-refractivity contribution is -0.167. The second kappa shape index (κ2) is 64.8. The Bertz CT molecular complexity index is 1920. The molecule has 1 unspecified atom stereocenters.